The zero-order valence-corrected chi connectivity index (χ0v) is 83.1. The van der Waals surface area contributed by atoms with E-state index >= 15 is 0 Å². The molecule has 0 aliphatic heterocycles. The standard InChI is InChI=1S/2C35H19N3S2.C29H17N3S2.C26H15N3S2/c1-2-11-23-21(9-1)22-10-3-6-14-27(22)38-29-18-17-20(19-26(29)36-34(23)38)37-28-15-7-4-12-24(28)33-32(37)31-25-13-5-8-16-30(25)39-35(31)40-33;1-2-11-23-21(9-1)22-10-3-6-14-27(22)38-29-19-20(17-18-26(29)36-34(23)38)37-28-15-7-4-12-24(28)33-32(37)31-25-13-5-8-16-30(25)39-35(31)40-33;1-2-10-18(11-3-1)31-23-16-8-6-14-21(23)30-29(31)32-22-15-7-4-12-19(22)27-26(32)25-20-13-5-9-17-24(20)33-28(25)34-27;1-3-9-20-17(6-1)25-24(23-18-7-2-4-10-21(18)30-26(23)31-25)29(20)22-11-5-8-19(28-22)16-12-14-27-15-13-16/h2*1-19H;1-17H;1-15H. The average Bonchev–Trinajstić information content (AvgIpc) is 1.55. The molecule has 0 aliphatic carbocycles. The van der Waals surface area contributed by atoms with Crippen LogP contribution in [0.4, 0.5) is 0 Å². The highest BCUT2D eigenvalue weighted by Gasteiger charge is 2.30. The Morgan fingerprint density at radius 2 is 0.552 bits per heavy atom. The zero-order valence-electron chi connectivity index (χ0n) is 76.5. The molecule has 19 aromatic heterocycles. The van der Waals surface area contributed by atoms with Crippen LogP contribution in [-0.4, -0.2) is 56.6 Å². The molecular formula is C125H70N12S8. The molecule has 0 aliphatic rings. The molecule has 0 amide bonds. The van der Waals surface area contributed by atoms with Gasteiger partial charge in [0.25, 0.3) is 0 Å². The van der Waals surface area contributed by atoms with Crippen LogP contribution in [0, 0.1) is 0 Å². The number of hydrogen-bond acceptors (Lipinski definition) is 13. The Labute approximate surface area is 854 Å². The second kappa shape index (κ2) is 31.8. The molecule has 0 saturated heterocycles. The Hall–Kier alpha value is -16.9. The Kier molecular flexibility index (Phi) is 17.9. The van der Waals surface area contributed by atoms with Crippen molar-refractivity contribution in [2.75, 3.05) is 0 Å². The summed E-state index contributed by atoms with van der Waals surface area (Å²) >= 11 is 15.2. The first kappa shape index (κ1) is 81.8. The molecular weight excluding hydrogens is 1930 g/mol. The normalized spacial score (nSPS) is 12.3. The van der Waals surface area contributed by atoms with Gasteiger partial charge in [0, 0.05) is 140 Å². The molecule has 0 spiro atoms. The maximum Gasteiger partial charge on any atom is 0.220 e. The molecule has 0 N–H and O–H groups in total. The molecule has 0 radical (unpaired) electrons. The first-order valence-corrected chi connectivity index (χ1v) is 54.7. The van der Waals surface area contributed by atoms with Crippen LogP contribution in [0.3, 0.4) is 0 Å². The van der Waals surface area contributed by atoms with Crippen molar-refractivity contribution >= 4 is 341 Å². The van der Waals surface area contributed by atoms with Crippen LogP contribution in [0.25, 0.3) is 290 Å². The number of fused-ring (bicyclic) bond motifs is 45. The highest BCUT2D eigenvalue weighted by atomic mass is 32.2. The van der Waals surface area contributed by atoms with Gasteiger partial charge < -0.3 is 9.13 Å². The minimum atomic E-state index is 0.925. The van der Waals surface area contributed by atoms with Gasteiger partial charge in [0.2, 0.25) is 5.95 Å². The van der Waals surface area contributed by atoms with Crippen LogP contribution in [0.2, 0.25) is 0 Å². The van der Waals surface area contributed by atoms with Crippen LogP contribution in [0.1, 0.15) is 0 Å². The summed E-state index contributed by atoms with van der Waals surface area (Å²) in [4.78, 5) is 24.9. The third kappa shape index (κ3) is 12.1. The zero-order chi connectivity index (χ0) is 94.5. The van der Waals surface area contributed by atoms with Gasteiger partial charge in [-0.15, -0.1) is 90.7 Å². The van der Waals surface area contributed by atoms with Gasteiger partial charge in [0.05, 0.1) is 129 Å². The van der Waals surface area contributed by atoms with Crippen molar-refractivity contribution in [3.8, 4) is 40.1 Å². The number of imidazole rings is 3. The molecule has 35 aromatic rings. The second-order valence-electron chi connectivity index (χ2n) is 36.8. The van der Waals surface area contributed by atoms with Crippen molar-refractivity contribution in [1.29, 1.82) is 0 Å². The van der Waals surface area contributed by atoms with Gasteiger partial charge in [-0.25, -0.2) is 19.9 Å². The van der Waals surface area contributed by atoms with Crippen LogP contribution in [0.15, 0.2) is 425 Å². The third-order valence-electron chi connectivity index (χ3n) is 29.0. The summed E-state index contributed by atoms with van der Waals surface area (Å²) < 4.78 is 32.9. The minimum absolute atomic E-state index is 0.925. The van der Waals surface area contributed by atoms with Crippen LogP contribution in [-0.2, 0) is 0 Å². The number of hydrogen-bond donors (Lipinski definition) is 0. The van der Waals surface area contributed by atoms with Gasteiger partial charge in [-0.2, -0.15) is 0 Å². The van der Waals surface area contributed by atoms with Gasteiger partial charge in [-0.1, -0.05) is 267 Å². The number of rotatable bonds is 6. The Morgan fingerprint density at radius 3 is 1.04 bits per heavy atom. The van der Waals surface area contributed by atoms with Crippen LogP contribution < -0.4 is 0 Å². The van der Waals surface area contributed by atoms with Gasteiger partial charge in [0.15, 0.2) is 0 Å². The Balaban J connectivity index is 0.0000000868. The largest absolute Gasteiger partial charge is 0.308 e. The van der Waals surface area contributed by atoms with E-state index in [0.29, 0.717) is 0 Å². The molecule has 0 bridgehead atoms. The van der Waals surface area contributed by atoms with Gasteiger partial charge in [-0.3, -0.25) is 27.5 Å². The predicted molar refractivity (Wildman–Crippen MR) is 624 cm³/mol. The number of pyridine rings is 4. The maximum absolute atomic E-state index is 5.27. The molecule has 20 heteroatoms. The number of aromatic nitrogens is 12. The monoisotopic (exact) mass is 1990 g/mol. The highest BCUT2D eigenvalue weighted by Crippen LogP contribution is 2.55. The fourth-order valence-electron chi connectivity index (χ4n) is 22.9. The maximum atomic E-state index is 5.27. The van der Waals surface area contributed by atoms with E-state index in [1.165, 1.54) is 206 Å². The lowest BCUT2D eigenvalue weighted by molar-refractivity contribution is 0.958. The molecule has 35 rings (SSSR count). The van der Waals surface area contributed by atoms with Crippen molar-refractivity contribution in [1.82, 2.24) is 56.6 Å². The van der Waals surface area contributed by atoms with E-state index in [-0.39, 0.29) is 0 Å². The average molecular weight is 2000 g/mol. The van der Waals surface area contributed by atoms with Gasteiger partial charge in [0.1, 0.15) is 17.1 Å². The van der Waals surface area contributed by atoms with Crippen molar-refractivity contribution in [3.05, 3.63) is 425 Å². The molecule has 12 nitrogen and oxygen atoms in total. The van der Waals surface area contributed by atoms with Crippen LogP contribution >= 0.6 is 90.7 Å². The molecule has 0 unspecified atom stereocenters. The Morgan fingerprint density at radius 1 is 0.193 bits per heavy atom. The molecule has 145 heavy (non-hydrogen) atoms. The summed E-state index contributed by atoms with van der Waals surface area (Å²) in [7, 11) is 0. The lowest BCUT2D eigenvalue weighted by Crippen LogP contribution is -2.05. The lowest BCUT2D eigenvalue weighted by Gasteiger charge is -2.12. The van der Waals surface area contributed by atoms with Crippen molar-refractivity contribution in [2.45, 2.75) is 0 Å². The summed E-state index contributed by atoms with van der Waals surface area (Å²) in [5.41, 5.74) is 26.2. The fraction of sp³-hybridized carbons (Fsp3) is 0. The van der Waals surface area contributed by atoms with E-state index in [0.717, 1.165) is 84.5 Å². The van der Waals surface area contributed by atoms with Crippen LogP contribution in [0.5, 0.6) is 0 Å². The van der Waals surface area contributed by atoms with E-state index in [4.69, 9.17) is 19.9 Å². The van der Waals surface area contributed by atoms with E-state index in [1.807, 2.05) is 115 Å². The Bertz CT molecular complexity index is 11600. The number of thiophene rings is 8. The van der Waals surface area contributed by atoms with Gasteiger partial charge in [-0.05, 0) is 156 Å². The van der Waals surface area contributed by atoms with Crippen molar-refractivity contribution < 1.29 is 0 Å². The number of para-hydroxylation sites is 9. The number of nitrogens with zero attached hydrogens (tertiary/aromatic N) is 12. The quantitative estimate of drug-likeness (QED) is 0.155. The van der Waals surface area contributed by atoms with E-state index in [9.17, 15) is 0 Å². The summed E-state index contributed by atoms with van der Waals surface area (Å²) in [5.74, 6) is 1.86. The predicted octanol–water partition coefficient (Wildman–Crippen LogP) is 36.9. The summed E-state index contributed by atoms with van der Waals surface area (Å²) in [6.45, 7) is 0. The highest BCUT2D eigenvalue weighted by molar-refractivity contribution is 7.47. The first-order valence-electron chi connectivity index (χ1n) is 48.1. The molecule has 0 saturated carbocycles. The SMILES string of the molecule is c1cc(-c2ccncc2)nc(-n2c3ccccc3c3sc4sc5ccccc5c4c32)c1.c1ccc(-n2c(-n3c4ccccc4c4sc5sc6ccccc6c5c43)nc3ccccc32)cc1.c1ccc2c(c1)sc1sc3c4ccccc4n(-c4ccc5c(c4)nc4c6ccccc6c6ccccc6n54)c3c12.c1ccc2c(c1)sc1sc3c4ccccc4n(-c4ccc5nc6c7ccccc7c7ccccc7n6c5c4)c3c12. The second-order valence-corrected chi connectivity index (χ2v) is 46.1. The smallest absolute Gasteiger partial charge is 0.220 e. The summed E-state index contributed by atoms with van der Waals surface area (Å²) in [6, 6.07) is 147. The molecule has 0 atom stereocenters. The first-order chi connectivity index (χ1) is 72.0. The van der Waals surface area contributed by atoms with E-state index in [1.54, 1.807) is 0 Å². The third-order valence-corrected chi connectivity index (χ3v) is 38.9. The van der Waals surface area contributed by atoms with Crippen molar-refractivity contribution in [3.63, 3.8) is 0 Å². The molecule has 16 aromatic carbocycles. The molecule has 678 valence electrons. The molecule has 0 fully saturated rings. The minimum Gasteiger partial charge on any atom is -0.308 e. The van der Waals surface area contributed by atoms with Gasteiger partial charge >= 0.3 is 0 Å². The summed E-state index contributed by atoms with van der Waals surface area (Å²) in [5, 5.41) is 23.2. The lowest BCUT2D eigenvalue weighted by atomic mass is 10.1. The summed E-state index contributed by atoms with van der Waals surface area (Å²) in [6.07, 6.45) is 3.62. The topological polar surface area (TPSA) is 97.9 Å². The molecule has 19 heterocycles. The number of benzene rings is 16. The van der Waals surface area contributed by atoms with E-state index in [2.05, 4.69) is 437 Å². The van der Waals surface area contributed by atoms with Crippen molar-refractivity contribution in [2.24, 2.45) is 0 Å². The fourth-order valence-corrected chi connectivity index (χ4v) is 33.6. The van der Waals surface area contributed by atoms with E-state index < -0.39 is 0 Å².